The lowest BCUT2D eigenvalue weighted by molar-refractivity contribution is 0.631. The number of hydrogen-bond donors (Lipinski definition) is 0. The van der Waals surface area contributed by atoms with Crippen LogP contribution in [-0.2, 0) is 13.5 Å². The number of nitriles is 1. The lowest BCUT2D eigenvalue weighted by atomic mass is 10.1. The van der Waals surface area contributed by atoms with Crippen molar-refractivity contribution in [2.75, 3.05) is 0 Å². The van der Waals surface area contributed by atoms with Crippen LogP contribution < -0.4 is 0 Å². The van der Waals surface area contributed by atoms with Gasteiger partial charge in [0.1, 0.15) is 5.82 Å². The van der Waals surface area contributed by atoms with E-state index >= 15 is 0 Å². The van der Waals surface area contributed by atoms with Crippen LogP contribution in [0.15, 0.2) is 18.2 Å². The fourth-order valence-corrected chi connectivity index (χ4v) is 1.97. The molecule has 2 aromatic rings. The molecule has 0 fully saturated rings. The Balaban J connectivity index is 2.88. The van der Waals surface area contributed by atoms with Crippen LogP contribution in [0.1, 0.15) is 11.3 Å². The standard InChI is InChI=1S/C12H11FN2/c1-8-9(6-7-14)10-4-3-5-11(13)12(10)15(8)2/h3-5H,6H2,1-2H3. The summed E-state index contributed by atoms with van der Waals surface area (Å²) in [6, 6.07) is 7.09. The largest absolute Gasteiger partial charge is 0.345 e. The van der Waals surface area contributed by atoms with Crippen LogP contribution in [0.4, 0.5) is 4.39 Å². The predicted octanol–water partition coefficient (Wildman–Crippen LogP) is 2.69. The molecule has 3 heteroatoms. The number of hydrogen-bond acceptors (Lipinski definition) is 1. The zero-order chi connectivity index (χ0) is 11.0. The number of rotatable bonds is 1. The second-order valence-corrected chi connectivity index (χ2v) is 3.59. The Morgan fingerprint density at radius 2 is 2.20 bits per heavy atom. The third kappa shape index (κ3) is 1.30. The molecule has 0 aliphatic rings. The van der Waals surface area contributed by atoms with Gasteiger partial charge in [-0.1, -0.05) is 12.1 Å². The Bertz CT molecular complexity index is 561. The predicted molar refractivity (Wildman–Crippen MR) is 56.9 cm³/mol. The van der Waals surface area contributed by atoms with Crippen LogP contribution >= 0.6 is 0 Å². The first-order valence-corrected chi connectivity index (χ1v) is 4.76. The molecule has 0 amide bonds. The average molecular weight is 202 g/mol. The maximum Gasteiger partial charge on any atom is 0.147 e. The van der Waals surface area contributed by atoms with Crippen LogP contribution in [0.25, 0.3) is 10.9 Å². The van der Waals surface area contributed by atoms with Gasteiger partial charge in [-0.25, -0.2) is 4.39 Å². The van der Waals surface area contributed by atoms with E-state index in [1.165, 1.54) is 6.07 Å². The van der Waals surface area contributed by atoms with E-state index in [1.807, 2.05) is 20.0 Å². The first-order chi connectivity index (χ1) is 7.16. The van der Waals surface area contributed by atoms with Crippen molar-refractivity contribution in [1.82, 2.24) is 4.57 Å². The maximum atomic E-state index is 13.6. The fourth-order valence-electron chi connectivity index (χ4n) is 1.97. The molecule has 1 aromatic carbocycles. The molecule has 0 aliphatic carbocycles. The van der Waals surface area contributed by atoms with E-state index in [0.29, 0.717) is 11.9 Å². The third-order valence-corrected chi connectivity index (χ3v) is 2.84. The normalized spacial score (nSPS) is 10.5. The van der Waals surface area contributed by atoms with Crippen molar-refractivity contribution in [2.45, 2.75) is 13.3 Å². The number of para-hydroxylation sites is 1. The molecule has 15 heavy (non-hydrogen) atoms. The second kappa shape index (κ2) is 3.39. The summed E-state index contributed by atoms with van der Waals surface area (Å²) in [5.74, 6) is -0.234. The average Bonchev–Trinajstić information content (AvgIpc) is 2.45. The van der Waals surface area contributed by atoms with E-state index in [-0.39, 0.29) is 5.82 Å². The molecule has 2 rings (SSSR count). The molecule has 0 aliphatic heterocycles. The maximum absolute atomic E-state index is 13.6. The van der Waals surface area contributed by atoms with Crippen LogP contribution in [-0.4, -0.2) is 4.57 Å². The lowest BCUT2D eigenvalue weighted by Gasteiger charge is -1.99. The van der Waals surface area contributed by atoms with Gasteiger partial charge in [0, 0.05) is 18.1 Å². The van der Waals surface area contributed by atoms with Gasteiger partial charge in [0.05, 0.1) is 18.0 Å². The van der Waals surface area contributed by atoms with E-state index in [0.717, 1.165) is 16.6 Å². The number of nitrogens with zero attached hydrogens (tertiary/aromatic N) is 2. The van der Waals surface area contributed by atoms with Crippen molar-refractivity contribution < 1.29 is 4.39 Å². The molecule has 0 saturated carbocycles. The highest BCUT2D eigenvalue weighted by molar-refractivity contribution is 5.86. The number of benzene rings is 1. The SMILES string of the molecule is Cc1c(CC#N)c2cccc(F)c2n1C. The molecule has 0 N–H and O–H groups in total. The summed E-state index contributed by atoms with van der Waals surface area (Å²) < 4.78 is 15.4. The Kier molecular flexibility index (Phi) is 2.20. The number of halogens is 1. The minimum Gasteiger partial charge on any atom is -0.345 e. The van der Waals surface area contributed by atoms with Crippen molar-refractivity contribution >= 4 is 10.9 Å². The van der Waals surface area contributed by atoms with Gasteiger partial charge in [-0.3, -0.25) is 0 Å². The van der Waals surface area contributed by atoms with Gasteiger partial charge in [-0.05, 0) is 18.6 Å². The summed E-state index contributed by atoms with van der Waals surface area (Å²) in [7, 11) is 1.82. The van der Waals surface area contributed by atoms with Crippen LogP contribution in [0.5, 0.6) is 0 Å². The van der Waals surface area contributed by atoms with Crippen LogP contribution in [0, 0.1) is 24.1 Å². The minimum absolute atomic E-state index is 0.234. The van der Waals surface area contributed by atoms with Gasteiger partial charge in [0.25, 0.3) is 0 Å². The zero-order valence-corrected chi connectivity index (χ0v) is 8.71. The summed E-state index contributed by atoms with van der Waals surface area (Å²) in [5, 5.41) is 9.57. The summed E-state index contributed by atoms with van der Waals surface area (Å²) in [5.41, 5.74) is 2.46. The fraction of sp³-hybridized carbons (Fsp3) is 0.250. The van der Waals surface area contributed by atoms with E-state index in [1.54, 1.807) is 10.6 Å². The van der Waals surface area contributed by atoms with Gasteiger partial charge >= 0.3 is 0 Å². The molecular weight excluding hydrogens is 191 g/mol. The van der Waals surface area contributed by atoms with E-state index < -0.39 is 0 Å². The molecule has 1 heterocycles. The van der Waals surface area contributed by atoms with Crippen LogP contribution in [0.2, 0.25) is 0 Å². The van der Waals surface area contributed by atoms with Gasteiger partial charge in [-0.2, -0.15) is 5.26 Å². The summed E-state index contributed by atoms with van der Waals surface area (Å²) >= 11 is 0. The van der Waals surface area contributed by atoms with Gasteiger partial charge < -0.3 is 4.57 Å². The summed E-state index contributed by atoms with van der Waals surface area (Å²) in [6.45, 7) is 1.91. The van der Waals surface area contributed by atoms with Crippen LogP contribution in [0.3, 0.4) is 0 Å². The first-order valence-electron chi connectivity index (χ1n) is 4.76. The smallest absolute Gasteiger partial charge is 0.147 e. The topological polar surface area (TPSA) is 28.7 Å². The highest BCUT2D eigenvalue weighted by atomic mass is 19.1. The monoisotopic (exact) mass is 202 g/mol. The van der Waals surface area contributed by atoms with Crippen molar-refractivity contribution in [2.24, 2.45) is 7.05 Å². The van der Waals surface area contributed by atoms with E-state index in [4.69, 9.17) is 5.26 Å². The summed E-state index contributed by atoms with van der Waals surface area (Å²) in [4.78, 5) is 0. The molecule has 0 saturated heterocycles. The molecule has 1 aromatic heterocycles. The van der Waals surface area contributed by atoms with Gasteiger partial charge in [0.15, 0.2) is 0 Å². The zero-order valence-electron chi connectivity index (χ0n) is 8.71. The van der Waals surface area contributed by atoms with Gasteiger partial charge in [-0.15, -0.1) is 0 Å². The molecular formula is C12H11FN2. The van der Waals surface area contributed by atoms with Gasteiger partial charge in [0.2, 0.25) is 0 Å². The molecule has 0 unspecified atom stereocenters. The Labute approximate surface area is 87.6 Å². The molecule has 2 nitrogen and oxygen atoms in total. The first kappa shape index (κ1) is 9.72. The van der Waals surface area contributed by atoms with Crippen molar-refractivity contribution in [3.05, 3.63) is 35.3 Å². The number of aryl methyl sites for hydroxylation is 1. The molecule has 0 spiro atoms. The summed E-state index contributed by atoms with van der Waals surface area (Å²) in [6.07, 6.45) is 0.326. The van der Waals surface area contributed by atoms with Crippen molar-refractivity contribution in [1.29, 1.82) is 5.26 Å². The minimum atomic E-state index is -0.234. The number of aromatic nitrogens is 1. The highest BCUT2D eigenvalue weighted by Gasteiger charge is 2.13. The van der Waals surface area contributed by atoms with E-state index in [9.17, 15) is 4.39 Å². The van der Waals surface area contributed by atoms with E-state index in [2.05, 4.69) is 6.07 Å². The lowest BCUT2D eigenvalue weighted by Crippen LogP contribution is -1.93. The van der Waals surface area contributed by atoms with Crippen molar-refractivity contribution in [3.63, 3.8) is 0 Å². The Morgan fingerprint density at radius 1 is 1.47 bits per heavy atom. The highest BCUT2D eigenvalue weighted by Crippen LogP contribution is 2.26. The quantitative estimate of drug-likeness (QED) is 0.698. The second-order valence-electron chi connectivity index (χ2n) is 3.59. The Morgan fingerprint density at radius 3 is 2.87 bits per heavy atom. The number of fused-ring (bicyclic) bond motifs is 1. The molecule has 0 atom stereocenters. The Hall–Kier alpha value is -1.82. The third-order valence-electron chi connectivity index (χ3n) is 2.84. The molecule has 76 valence electrons. The molecule has 0 bridgehead atoms. The van der Waals surface area contributed by atoms with Crippen molar-refractivity contribution in [3.8, 4) is 6.07 Å². The molecule has 0 radical (unpaired) electrons.